The summed E-state index contributed by atoms with van der Waals surface area (Å²) < 4.78 is 9.58. The number of ether oxygens (including phenoxy) is 2. The lowest BCUT2D eigenvalue weighted by Crippen LogP contribution is -2.43. The lowest BCUT2D eigenvalue weighted by Gasteiger charge is -2.31. The van der Waals surface area contributed by atoms with E-state index in [1.807, 2.05) is 6.92 Å². The van der Waals surface area contributed by atoms with Crippen molar-refractivity contribution in [2.24, 2.45) is 0 Å². The van der Waals surface area contributed by atoms with Crippen molar-refractivity contribution in [2.75, 3.05) is 20.3 Å². The Kier molecular flexibility index (Phi) is 4.75. The van der Waals surface area contributed by atoms with E-state index in [0.717, 1.165) is 0 Å². The van der Waals surface area contributed by atoms with Gasteiger partial charge >= 0.3 is 12.1 Å². The number of nitrogens with zero attached hydrogens (tertiary/aromatic N) is 1. The summed E-state index contributed by atoms with van der Waals surface area (Å²) >= 11 is 0. The normalized spacial score (nSPS) is 19.3. The zero-order chi connectivity index (χ0) is 12.8. The standard InChI is InChI=1S/C12H17NO4/c1-4-7-17-12(15)13-8-10(11(14)16-3)6-5-9(13)2/h4,6,9H,1,5,7-8H2,2-3H3/t9-/m0/s1. The van der Waals surface area contributed by atoms with Gasteiger partial charge in [0.2, 0.25) is 0 Å². The molecule has 17 heavy (non-hydrogen) atoms. The van der Waals surface area contributed by atoms with Crippen LogP contribution in [0.4, 0.5) is 4.79 Å². The molecule has 0 aromatic carbocycles. The van der Waals surface area contributed by atoms with Crippen LogP contribution in [-0.4, -0.2) is 43.3 Å². The van der Waals surface area contributed by atoms with Gasteiger partial charge in [-0.2, -0.15) is 0 Å². The SMILES string of the molecule is C=CCOC(=O)N1CC(C(=O)OC)=CC[C@@H]1C. The second kappa shape index (κ2) is 6.08. The molecule has 0 aliphatic carbocycles. The number of hydrogen-bond donors (Lipinski definition) is 0. The van der Waals surface area contributed by atoms with E-state index in [-0.39, 0.29) is 19.2 Å². The molecule has 0 fully saturated rings. The lowest BCUT2D eigenvalue weighted by molar-refractivity contribution is -0.136. The molecule has 1 amide bonds. The van der Waals surface area contributed by atoms with Gasteiger partial charge in [-0.15, -0.1) is 0 Å². The van der Waals surface area contributed by atoms with E-state index in [2.05, 4.69) is 11.3 Å². The molecule has 1 aliphatic heterocycles. The number of hydrogen-bond acceptors (Lipinski definition) is 4. The first kappa shape index (κ1) is 13.3. The predicted molar refractivity (Wildman–Crippen MR) is 62.4 cm³/mol. The number of carbonyl (C=O) groups excluding carboxylic acids is 2. The minimum atomic E-state index is -0.438. The van der Waals surface area contributed by atoms with E-state index >= 15 is 0 Å². The molecule has 1 heterocycles. The minimum absolute atomic E-state index is 0.0146. The largest absolute Gasteiger partial charge is 0.466 e. The van der Waals surface area contributed by atoms with Crippen molar-refractivity contribution in [3.8, 4) is 0 Å². The zero-order valence-corrected chi connectivity index (χ0v) is 10.1. The molecule has 0 saturated heterocycles. The van der Waals surface area contributed by atoms with Gasteiger partial charge in [0.1, 0.15) is 6.61 Å². The van der Waals surface area contributed by atoms with Crippen molar-refractivity contribution in [1.82, 2.24) is 4.90 Å². The first-order valence-corrected chi connectivity index (χ1v) is 5.41. The molecule has 5 heteroatoms. The maximum absolute atomic E-state index is 11.7. The Labute approximate surface area is 101 Å². The van der Waals surface area contributed by atoms with Gasteiger partial charge in [0, 0.05) is 6.04 Å². The molecule has 0 aromatic heterocycles. The van der Waals surface area contributed by atoms with Crippen LogP contribution in [0.2, 0.25) is 0 Å². The third kappa shape index (κ3) is 3.34. The third-order valence-electron chi connectivity index (χ3n) is 2.58. The van der Waals surface area contributed by atoms with Crippen molar-refractivity contribution < 1.29 is 19.1 Å². The van der Waals surface area contributed by atoms with Crippen LogP contribution in [0.25, 0.3) is 0 Å². The molecule has 0 unspecified atom stereocenters. The Morgan fingerprint density at radius 1 is 1.65 bits per heavy atom. The fourth-order valence-corrected chi connectivity index (χ4v) is 1.58. The highest BCUT2D eigenvalue weighted by atomic mass is 16.6. The summed E-state index contributed by atoms with van der Waals surface area (Å²) in [5, 5.41) is 0. The van der Waals surface area contributed by atoms with Gasteiger partial charge in [-0.1, -0.05) is 18.7 Å². The molecular weight excluding hydrogens is 222 g/mol. The minimum Gasteiger partial charge on any atom is -0.466 e. The maximum Gasteiger partial charge on any atom is 0.410 e. The van der Waals surface area contributed by atoms with Gasteiger partial charge in [0.15, 0.2) is 0 Å². The first-order valence-electron chi connectivity index (χ1n) is 5.41. The van der Waals surface area contributed by atoms with E-state index in [0.29, 0.717) is 12.0 Å². The number of esters is 1. The van der Waals surface area contributed by atoms with E-state index in [9.17, 15) is 9.59 Å². The van der Waals surface area contributed by atoms with E-state index in [1.165, 1.54) is 18.1 Å². The predicted octanol–water partition coefficient (Wildman–Crippen LogP) is 1.50. The van der Waals surface area contributed by atoms with Gasteiger partial charge in [-0.05, 0) is 13.3 Å². The van der Waals surface area contributed by atoms with E-state index in [4.69, 9.17) is 4.74 Å². The number of rotatable bonds is 3. The van der Waals surface area contributed by atoms with Crippen LogP contribution in [0, 0.1) is 0 Å². The van der Waals surface area contributed by atoms with Crippen LogP contribution < -0.4 is 0 Å². The number of methoxy groups -OCH3 is 1. The molecule has 5 nitrogen and oxygen atoms in total. The Bertz CT molecular complexity index is 348. The van der Waals surface area contributed by atoms with Crippen molar-refractivity contribution in [3.63, 3.8) is 0 Å². The molecule has 0 aromatic rings. The Morgan fingerprint density at radius 2 is 2.35 bits per heavy atom. The quantitative estimate of drug-likeness (QED) is 0.553. The molecular formula is C12H17NO4. The molecule has 1 aliphatic rings. The topological polar surface area (TPSA) is 55.8 Å². The highest BCUT2D eigenvalue weighted by molar-refractivity contribution is 5.89. The summed E-state index contributed by atoms with van der Waals surface area (Å²) in [6.45, 7) is 5.77. The van der Waals surface area contributed by atoms with Crippen LogP contribution in [0.5, 0.6) is 0 Å². The fraction of sp³-hybridized carbons (Fsp3) is 0.500. The van der Waals surface area contributed by atoms with Gasteiger partial charge in [0.05, 0.1) is 19.2 Å². The monoisotopic (exact) mass is 239 g/mol. The van der Waals surface area contributed by atoms with Crippen LogP contribution in [-0.2, 0) is 14.3 Å². The fourth-order valence-electron chi connectivity index (χ4n) is 1.58. The van der Waals surface area contributed by atoms with Crippen molar-refractivity contribution in [2.45, 2.75) is 19.4 Å². The summed E-state index contributed by atoms with van der Waals surface area (Å²) in [7, 11) is 1.32. The summed E-state index contributed by atoms with van der Waals surface area (Å²) in [5.41, 5.74) is 0.487. The number of carbonyl (C=O) groups is 2. The second-order valence-electron chi connectivity index (χ2n) is 3.80. The lowest BCUT2D eigenvalue weighted by atomic mass is 10.0. The molecule has 0 spiro atoms. The Balaban J connectivity index is 2.67. The molecule has 0 N–H and O–H groups in total. The summed E-state index contributed by atoms with van der Waals surface area (Å²) in [6.07, 6.45) is 3.48. The highest BCUT2D eigenvalue weighted by Gasteiger charge is 2.28. The molecule has 0 bridgehead atoms. The average molecular weight is 239 g/mol. The van der Waals surface area contributed by atoms with Crippen LogP contribution in [0.1, 0.15) is 13.3 Å². The zero-order valence-electron chi connectivity index (χ0n) is 10.1. The summed E-state index contributed by atoms with van der Waals surface area (Å²) in [5.74, 6) is -0.404. The first-order chi connectivity index (χ1) is 8.10. The van der Waals surface area contributed by atoms with Crippen molar-refractivity contribution in [1.29, 1.82) is 0 Å². The Hall–Kier alpha value is -1.78. The van der Waals surface area contributed by atoms with Gasteiger partial charge in [-0.3, -0.25) is 0 Å². The Morgan fingerprint density at radius 3 is 2.94 bits per heavy atom. The second-order valence-corrected chi connectivity index (χ2v) is 3.80. The van der Waals surface area contributed by atoms with Gasteiger partial charge in [-0.25, -0.2) is 9.59 Å². The van der Waals surface area contributed by atoms with Gasteiger partial charge in [0.25, 0.3) is 0 Å². The highest BCUT2D eigenvalue weighted by Crippen LogP contribution is 2.18. The molecule has 0 radical (unpaired) electrons. The average Bonchev–Trinajstić information content (AvgIpc) is 2.35. The van der Waals surface area contributed by atoms with Crippen LogP contribution in [0.15, 0.2) is 24.3 Å². The molecule has 0 saturated carbocycles. The molecule has 1 atom stereocenters. The summed E-state index contributed by atoms with van der Waals surface area (Å²) in [4.78, 5) is 24.6. The van der Waals surface area contributed by atoms with Crippen LogP contribution in [0.3, 0.4) is 0 Å². The van der Waals surface area contributed by atoms with Crippen molar-refractivity contribution in [3.05, 3.63) is 24.3 Å². The molecule has 94 valence electrons. The summed E-state index contributed by atoms with van der Waals surface area (Å²) in [6, 6.07) is 0.0146. The smallest absolute Gasteiger partial charge is 0.410 e. The van der Waals surface area contributed by atoms with Crippen molar-refractivity contribution >= 4 is 12.1 Å². The van der Waals surface area contributed by atoms with E-state index in [1.54, 1.807) is 6.08 Å². The maximum atomic E-state index is 11.7. The third-order valence-corrected chi connectivity index (χ3v) is 2.58. The van der Waals surface area contributed by atoms with Gasteiger partial charge < -0.3 is 14.4 Å². The molecule has 1 rings (SSSR count). The number of amides is 1. The van der Waals surface area contributed by atoms with E-state index < -0.39 is 12.1 Å². The van der Waals surface area contributed by atoms with Crippen LogP contribution >= 0.6 is 0 Å².